The molecule has 2 aromatic rings. The van der Waals surface area contributed by atoms with E-state index in [-0.39, 0.29) is 28.1 Å². The summed E-state index contributed by atoms with van der Waals surface area (Å²) in [7, 11) is 6.09. The van der Waals surface area contributed by atoms with Gasteiger partial charge in [0.1, 0.15) is 7.85 Å². The van der Waals surface area contributed by atoms with E-state index >= 15 is 0 Å². The van der Waals surface area contributed by atoms with Gasteiger partial charge in [0, 0.05) is 12.3 Å². The highest BCUT2D eigenvalue weighted by atomic mass is 32.1. The molecule has 0 saturated heterocycles. The molecule has 0 aliphatic rings. The number of rotatable bonds is 18. The van der Waals surface area contributed by atoms with Gasteiger partial charge in [-0.3, -0.25) is 4.79 Å². The van der Waals surface area contributed by atoms with Gasteiger partial charge in [-0.1, -0.05) is 149 Å². The van der Waals surface area contributed by atoms with E-state index in [0.717, 1.165) is 36.2 Å². The Morgan fingerprint density at radius 1 is 0.913 bits per heavy atom. The molecule has 0 amide bonds. The Morgan fingerprint density at radius 3 is 2.07 bits per heavy atom. The first-order valence-corrected chi connectivity index (χ1v) is 18.3. The van der Waals surface area contributed by atoms with Gasteiger partial charge >= 0.3 is 5.97 Å². The van der Waals surface area contributed by atoms with Gasteiger partial charge in [-0.2, -0.15) is 12.6 Å². The fraction of sp³-hybridized carbons (Fsp3) is 0.683. The molecular formula is C41H66BNO2S. The number of unbranched alkanes of at least 4 members (excludes halogenated alkanes) is 1. The van der Waals surface area contributed by atoms with Crippen molar-refractivity contribution in [1.29, 1.82) is 0 Å². The molecule has 0 spiro atoms. The first-order valence-electron chi connectivity index (χ1n) is 17.7. The molecule has 3 atom stereocenters. The lowest BCUT2D eigenvalue weighted by Crippen LogP contribution is -2.59. The maximum atomic E-state index is 14.4. The van der Waals surface area contributed by atoms with Gasteiger partial charge in [0.05, 0.1) is 12.0 Å². The van der Waals surface area contributed by atoms with Crippen LogP contribution in [0.5, 0.6) is 0 Å². The fourth-order valence-electron chi connectivity index (χ4n) is 7.28. The number of hydrogen-bond acceptors (Lipinski definition) is 4. The zero-order valence-electron chi connectivity index (χ0n) is 31.5. The normalized spacial score (nSPS) is 15.7. The van der Waals surface area contributed by atoms with Crippen molar-refractivity contribution < 1.29 is 9.53 Å². The van der Waals surface area contributed by atoms with Crippen LogP contribution in [0.15, 0.2) is 48.5 Å². The van der Waals surface area contributed by atoms with Gasteiger partial charge in [-0.25, -0.2) is 0 Å². The number of esters is 1. The van der Waals surface area contributed by atoms with Crippen LogP contribution < -0.4 is 10.8 Å². The Kier molecular flexibility index (Phi) is 14.6. The Balaban J connectivity index is 2.38. The van der Waals surface area contributed by atoms with Crippen LogP contribution >= 0.6 is 12.6 Å². The zero-order valence-corrected chi connectivity index (χ0v) is 32.4. The van der Waals surface area contributed by atoms with Crippen LogP contribution in [0.2, 0.25) is 0 Å². The maximum absolute atomic E-state index is 14.4. The number of carbonyl (C=O) groups excluding carboxylic acids is 1. The smallest absolute Gasteiger partial charge is 0.312 e. The van der Waals surface area contributed by atoms with Crippen molar-refractivity contribution in [2.75, 3.05) is 13.2 Å². The van der Waals surface area contributed by atoms with Gasteiger partial charge in [-0.05, 0) is 76.5 Å². The number of benzene rings is 2. The molecule has 5 heteroatoms. The predicted octanol–water partition coefficient (Wildman–Crippen LogP) is 10.1. The van der Waals surface area contributed by atoms with E-state index < -0.39 is 10.8 Å². The Labute approximate surface area is 290 Å². The summed E-state index contributed by atoms with van der Waals surface area (Å²) in [6, 6.07) is 17.0. The molecule has 1 N–H and O–H groups in total. The minimum atomic E-state index is -0.753. The minimum absolute atomic E-state index is 0.106. The number of ether oxygens (including phenoxy) is 1. The van der Waals surface area contributed by atoms with E-state index in [1.807, 2.05) is 24.3 Å². The highest BCUT2D eigenvalue weighted by Gasteiger charge is 2.62. The monoisotopic (exact) mass is 647 g/mol. The average Bonchev–Trinajstić information content (AvgIpc) is 2.99. The Bertz CT molecular complexity index is 1230. The molecule has 3 unspecified atom stereocenters. The van der Waals surface area contributed by atoms with Crippen LogP contribution in [0, 0.1) is 33.0 Å². The first kappa shape index (κ1) is 40.5. The van der Waals surface area contributed by atoms with Crippen molar-refractivity contribution in [2.24, 2.45) is 33.0 Å². The molecule has 2 rings (SSSR count). The highest BCUT2D eigenvalue weighted by molar-refractivity contribution is 7.79. The van der Waals surface area contributed by atoms with Crippen molar-refractivity contribution in [3.05, 3.63) is 65.2 Å². The lowest BCUT2D eigenvalue weighted by atomic mass is 9.43. The van der Waals surface area contributed by atoms with Crippen LogP contribution in [0.3, 0.4) is 0 Å². The SMILES string of the molecule is [B]c1ccccc1CNCCCOC(=O)C(C)(C(C)(C)C)C(C)(C)C(C)(C)C(CC(C)(C)C(C)CCCC)c1ccc(CS)cc1. The number of hydrogen-bond donors (Lipinski definition) is 2. The van der Waals surface area contributed by atoms with Crippen LogP contribution in [0.25, 0.3) is 0 Å². The molecule has 0 heterocycles. The second-order valence-electron chi connectivity index (χ2n) is 16.8. The summed E-state index contributed by atoms with van der Waals surface area (Å²) in [4.78, 5) is 14.4. The van der Waals surface area contributed by atoms with Crippen molar-refractivity contribution in [1.82, 2.24) is 5.32 Å². The number of carbonyl (C=O) groups is 1. The van der Waals surface area contributed by atoms with Gasteiger partial charge in [0.2, 0.25) is 0 Å². The van der Waals surface area contributed by atoms with E-state index in [4.69, 9.17) is 12.6 Å². The zero-order chi connectivity index (χ0) is 35.0. The third-order valence-corrected chi connectivity index (χ3v) is 12.7. The molecule has 0 aliphatic carbocycles. The van der Waals surface area contributed by atoms with E-state index in [2.05, 4.69) is 125 Å². The molecular weight excluding hydrogens is 581 g/mol. The number of nitrogens with one attached hydrogen (secondary N) is 1. The summed E-state index contributed by atoms with van der Waals surface area (Å²) in [5.41, 5.74) is 2.81. The van der Waals surface area contributed by atoms with Crippen molar-refractivity contribution in [2.45, 2.75) is 133 Å². The molecule has 0 saturated carbocycles. The third-order valence-electron chi connectivity index (χ3n) is 12.4. The number of thiol groups is 1. The topological polar surface area (TPSA) is 38.3 Å². The third kappa shape index (κ3) is 9.25. The van der Waals surface area contributed by atoms with Gasteiger partial charge < -0.3 is 10.1 Å². The Morgan fingerprint density at radius 2 is 1.52 bits per heavy atom. The molecule has 2 aromatic carbocycles. The van der Waals surface area contributed by atoms with E-state index in [1.165, 1.54) is 30.4 Å². The molecule has 3 nitrogen and oxygen atoms in total. The van der Waals surface area contributed by atoms with E-state index in [1.54, 1.807) is 0 Å². The maximum Gasteiger partial charge on any atom is 0.312 e. The molecule has 256 valence electrons. The van der Waals surface area contributed by atoms with Gasteiger partial charge in [0.15, 0.2) is 0 Å². The van der Waals surface area contributed by atoms with E-state index in [0.29, 0.717) is 19.1 Å². The van der Waals surface area contributed by atoms with Crippen molar-refractivity contribution in [3.63, 3.8) is 0 Å². The standard InChI is InChI=1S/C41H66BNO2S/c1-13-14-18-30(2)38(6,7)27-34(32-23-21-31(29-46)22-24-32)39(8,9)40(10,11)41(12,37(3,4)5)36(44)45-26-17-25-43-28-33-19-15-16-20-35(33)42/h15-16,19-24,30,34,43,46H,13-14,17-18,25-29H2,1-12H3. The predicted molar refractivity (Wildman–Crippen MR) is 203 cm³/mol. The summed E-state index contributed by atoms with van der Waals surface area (Å²) in [5.74, 6) is 1.45. The van der Waals surface area contributed by atoms with Crippen LogP contribution in [-0.2, 0) is 21.8 Å². The summed E-state index contributed by atoms with van der Waals surface area (Å²) in [6.45, 7) is 29.6. The average molecular weight is 648 g/mol. The summed E-state index contributed by atoms with van der Waals surface area (Å²) < 4.78 is 6.18. The lowest BCUT2D eigenvalue weighted by Gasteiger charge is -2.60. The van der Waals surface area contributed by atoms with Crippen molar-refractivity contribution >= 4 is 31.9 Å². The summed E-state index contributed by atoms with van der Waals surface area (Å²) in [5, 5.41) is 3.45. The second kappa shape index (κ2) is 16.6. The van der Waals surface area contributed by atoms with Crippen LogP contribution in [0.4, 0.5) is 0 Å². The Hall–Kier alpha value is -1.72. The minimum Gasteiger partial charge on any atom is -0.465 e. The van der Waals surface area contributed by atoms with E-state index in [9.17, 15) is 4.79 Å². The lowest BCUT2D eigenvalue weighted by molar-refractivity contribution is -0.187. The molecule has 46 heavy (non-hydrogen) atoms. The largest absolute Gasteiger partial charge is 0.465 e. The van der Waals surface area contributed by atoms with Gasteiger partial charge in [0.25, 0.3) is 0 Å². The first-order chi connectivity index (χ1) is 21.3. The van der Waals surface area contributed by atoms with Crippen LogP contribution in [-0.4, -0.2) is 27.0 Å². The molecule has 0 aromatic heterocycles. The fourth-order valence-corrected chi connectivity index (χ4v) is 7.49. The summed E-state index contributed by atoms with van der Waals surface area (Å²) >= 11 is 4.53. The molecule has 0 bridgehead atoms. The van der Waals surface area contributed by atoms with Crippen LogP contribution in [0.1, 0.15) is 138 Å². The molecule has 0 fully saturated rings. The summed E-state index contributed by atoms with van der Waals surface area (Å²) in [6.07, 6.45) is 5.49. The quantitative estimate of drug-likeness (QED) is 0.0732. The van der Waals surface area contributed by atoms with Crippen molar-refractivity contribution in [3.8, 4) is 0 Å². The highest BCUT2D eigenvalue weighted by Crippen LogP contribution is 2.65. The molecule has 0 aliphatic heterocycles. The molecule has 2 radical (unpaired) electrons. The van der Waals surface area contributed by atoms with Gasteiger partial charge in [-0.15, -0.1) is 0 Å². The second-order valence-corrected chi connectivity index (χ2v) is 17.1.